The first-order valence-corrected chi connectivity index (χ1v) is 6.98. The number of anilines is 2. The molecule has 88 valence electrons. The van der Waals surface area contributed by atoms with E-state index in [0.29, 0.717) is 0 Å². The summed E-state index contributed by atoms with van der Waals surface area (Å²) >= 11 is 3.74. The van der Waals surface area contributed by atoms with Gasteiger partial charge in [-0.05, 0) is 70.8 Å². The first kappa shape index (κ1) is 12.4. The zero-order valence-electron chi connectivity index (χ0n) is 9.16. The minimum Gasteiger partial charge on any atom is -0.307 e. The van der Waals surface area contributed by atoms with Crippen molar-refractivity contribution in [3.63, 3.8) is 0 Å². The van der Waals surface area contributed by atoms with Crippen molar-refractivity contribution in [3.05, 3.63) is 44.8 Å². The van der Waals surface area contributed by atoms with Crippen molar-refractivity contribution in [1.29, 1.82) is 0 Å². The molecule has 2 aromatic rings. The van der Waals surface area contributed by atoms with E-state index < -0.39 is 0 Å². The Bertz CT molecular complexity index is 525. The quantitative estimate of drug-likeness (QED) is 0.772. The van der Waals surface area contributed by atoms with E-state index >= 15 is 0 Å². The normalized spacial score (nSPS) is 10.0. The van der Waals surface area contributed by atoms with Crippen LogP contribution in [0.15, 0.2) is 35.7 Å². The van der Waals surface area contributed by atoms with E-state index in [9.17, 15) is 4.79 Å². The van der Waals surface area contributed by atoms with Gasteiger partial charge < -0.3 is 5.32 Å². The molecule has 1 heterocycles. The van der Waals surface area contributed by atoms with E-state index in [1.807, 2.05) is 42.6 Å². The minimum atomic E-state index is -0.211. The maximum absolute atomic E-state index is 11.7. The Kier molecular flexibility index (Phi) is 4.01. The molecule has 5 heteroatoms. The van der Waals surface area contributed by atoms with E-state index in [1.54, 1.807) is 0 Å². The lowest BCUT2D eigenvalue weighted by molar-refractivity contribution is 0.262. The van der Waals surface area contributed by atoms with Gasteiger partial charge in [0.25, 0.3) is 0 Å². The molecule has 1 aromatic carbocycles. The molecule has 0 aliphatic carbocycles. The molecule has 1 aromatic heterocycles. The fourth-order valence-corrected chi connectivity index (χ4v) is 2.64. The second-order valence-corrected chi connectivity index (χ2v) is 5.71. The maximum atomic E-state index is 11.7. The summed E-state index contributed by atoms with van der Waals surface area (Å²) in [5.74, 6) is 0. The number of nitrogens with one attached hydrogen (secondary N) is 2. The predicted octanol–water partition coefficient (Wildman–Crippen LogP) is 4.31. The molecule has 3 nitrogen and oxygen atoms in total. The highest BCUT2D eigenvalue weighted by atomic mass is 127. The standard InChI is InChI=1S/C12H11IN2OS/c1-8-7-9(13)4-5-10(8)14-12(16)15-11-3-2-6-17-11/h2-7H,1H3,(H2,14,15,16). The molecule has 2 N–H and O–H groups in total. The zero-order valence-corrected chi connectivity index (χ0v) is 12.1. The lowest BCUT2D eigenvalue weighted by Gasteiger charge is -2.09. The van der Waals surface area contributed by atoms with Gasteiger partial charge in [0.1, 0.15) is 0 Å². The van der Waals surface area contributed by atoms with Crippen LogP contribution in [0, 0.1) is 10.5 Å². The first-order chi connectivity index (χ1) is 8.15. The number of urea groups is 1. The summed E-state index contributed by atoms with van der Waals surface area (Å²) in [6.07, 6.45) is 0. The molecule has 2 rings (SSSR count). The first-order valence-electron chi connectivity index (χ1n) is 5.03. The number of hydrogen-bond donors (Lipinski definition) is 2. The van der Waals surface area contributed by atoms with Crippen LogP contribution >= 0.6 is 33.9 Å². The summed E-state index contributed by atoms with van der Waals surface area (Å²) in [6, 6.07) is 9.46. The predicted molar refractivity (Wildman–Crippen MR) is 80.9 cm³/mol. The molecule has 0 saturated heterocycles. The summed E-state index contributed by atoms with van der Waals surface area (Å²) < 4.78 is 1.16. The van der Waals surface area contributed by atoms with Crippen molar-refractivity contribution < 1.29 is 4.79 Å². The number of carbonyl (C=O) groups is 1. The molecule has 0 aliphatic heterocycles. The van der Waals surface area contributed by atoms with Gasteiger partial charge in [-0.3, -0.25) is 5.32 Å². The van der Waals surface area contributed by atoms with Crippen molar-refractivity contribution >= 4 is 50.6 Å². The lowest BCUT2D eigenvalue weighted by atomic mass is 10.2. The molecular weight excluding hydrogens is 347 g/mol. The summed E-state index contributed by atoms with van der Waals surface area (Å²) in [6.45, 7) is 1.98. The molecule has 17 heavy (non-hydrogen) atoms. The number of halogens is 1. The van der Waals surface area contributed by atoms with Crippen LogP contribution in [0.5, 0.6) is 0 Å². The maximum Gasteiger partial charge on any atom is 0.324 e. The molecule has 0 bridgehead atoms. The van der Waals surface area contributed by atoms with E-state index in [-0.39, 0.29) is 6.03 Å². The highest BCUT2D eigenvalue weighted by molar-refractivity contribution is 14.1. The number of benzene rings is 1. The Morgan fingerprint density at radius 1 is 1.29 bits per heavy atom. The van der Waals surface area contributed by atoms with Crippen LogP contribution in [0.25, 0.3) is 0 Å². The minimum absolute atomic E-state index is 0.211. The molecule has 0 aliphatic rings. The third-order valence-corrected chi connectivity index (χ3v) is 3.65. The van der Waals surface area contributed by atoms with Crippen molar-refractivity contribution in [3.8, 4) is 0 Å². The van der Waals surface area contributed by atoms with E-state index in [4.69, 9.17) is 0 Å². The van der Waals surface area contributed by atoms with Gasteiger partial charge in [-0.1, -0.05) is 0 Å². The molecule has 0 fully saturated rings. The second kappa shape index (κ2) is 5.50. The molecule has 0 spiro atoms. The Labute approximate surface area is 117 Å². The lowest BCUT2D eigenvalue weighted by Crippen LogP contribution is -2.19. The number of carbonyl (C=O) groups excluding carboxylic acids is 1. The number of rotatable bonds is 2. The van der Waals surface area contributed by atoms with Crippen LogP contribution in [-0.4, -0.2) is 6.03 Å². The average Bonchev–Trinajstić information content (AvgIpc) is 2.75. The van der Waals surface area contributed by atoms with Gasteiger partial charge in [0.15, 0.2) is 0 Å². The van der Waals surface area contributed by atoms with Crippen LogP contribution < -0.4 is 10.6 Å². The van der Waals surface area contributed by atoms with Crippen LogP contribution in [0.4, 0.5) is 15.5 Å². The van der Waals surface area contributed by atoms with Gasteiger partial charge >= 0.3 is 6.03 Å². The van der Waals surface area contributed by atoms with Gasteiger partial charge in [-0.2, -0.15) is 0 Å². The van der Waals surface area contributed by atoms with Gasteiger partial charge in [0.2, 0.25) is 0 Å². The van der Waals surface area contributed by atoms with Crippen molar-refractivity contribution in [2.75, 3.05) is 10.6 Å². The third-order valence-electron chi connectivity index (χ3n) is 2.19. The summed E-state index contributed by atoms with van der Waals surface area (Å²) in [7, 11) is 0. The smallest absolute Gasteiger partial charge is 0.307 e. The van der Waals surface area contributed by atoms with Gasteiger partial charge in [-0.25, -0.2) is 4.79 Å². The molecule has 0 atom stereocenters. The van der Waals surface area contributed by atoms with Crippen LogP contribution in [0.2, 0.25) is 0 Å². The highest BCUT2D eigenvalue weighted by Gasteiger charge is 2.05. The Morgan fingerprint density at radius 2 is 2.12 bits per heavy atom. The molecule has 0 radical (unpaired) electrons. The molecule has 0 unspecified atom stereocenters. The SMILES string of the molecule is Cc1cc(I)ccc1NC(=O)Nc1cccs1. The van der Waals surface area contributed by atoms with Crippen LogP contribution in [-0.2, 0) is 0 Å². The fourth-order valence-electron chi connectivity index (χ4n) is 1.38. The van der Waals surface area contributed by atoms with Crippen molar-refractivity contribution in [2.24, 2.45) is 0 Å². The highest BCUT2D eigenvalue weighted by Crippen LogP contribution is 2.19. The number of amides is 2. The van der Waals surface area contributed by atoms with Gasteiger partial charge in [0, 0.05) is 9.26 Å². The number of thiophene rings is 1. The molecular formula is C12H11IN2OS. The van der Waals surface area contributed by atoms with Crippen molar-refractivity contribution in [2.45, 2.75) is 6.92 Å². The van der Waals surface area contributed by atoms with Crippen molar-refractivity contribution in [1.82, 2.24) is 0 Å². The number of hydrogen-bond acceptors (Lipinski definition) is 2. The van der Waals surface area contributed by atoms with E-state index in [1.165, 1.54) is 11.3 Å². The fraction of sp³-hybridized carbons (Fsp3) is 0.0833. The summed E-state index contributed by atoms with van der Waals surface area (Å²) in [4.78, 5) is 11.7. The Balaban J connectivity index is 2.03. The van der Waals surface area contributed by atoms with Gasteiger partial charge in [-0.15, -0.1) is 11.3 Å². The summed E-state index contributed by atoms with van der Waals surface area (Å²) in [5.41, 5.74) is 1.89. The topological polar surface area (TPSA) is 41.1 Å². The van der Waals surface area contributed by atoms with E-state index in [0.717, 1.165) is 19.8 Å². The zero-order chi connectivity index (χ0) is 12.3. The Morgan fingerprint density at radius 3 is 2.76 bits per heavy atom. The third kappa shape index (κ3) is 3.44. The molecule has 0 saturated carbocycles. The number of aryl methyl sites for hydroxylation is 1. The largest absolute Gasteiger partial charge is 0.324 e. The van der Waals surface area contributed by atoms with E-state index in [2.05, 4.69) is 33.2 Å². The second-order valence-electron chi connectivity index (χ2n) is 3.52. The van der Waals surface area contributed by atoms with Gasteiger partial charge in [0.05, 0.1) is 5.00 Å². The van der Waals surface area contributed by atoms with Crippen LogP contribution in [0.1, 0.15) is 5.56 Å². The average molecular weight is 358 g/mol. The van der Waals surface area contributed by atoms with Crippen LogP contribution in [0.3, 0.4) is 0 Å². The summed E-state index contributed by atoms with van der Waals surface area (Å²) in [5, 5.41) is 8.37. The molecule has 2 amide bonds. The monoisotopic (exact) mass is 358 g/mol. The Hall–Kier alpha value is -1.08.